The molecule has 2 heterocycles. The summed E-state index contributed by atoms with van der Waals surface area (Å²) in [5, 5.41) is 1.05. The van der Waals surface area contributed by atoms with Gasteiger partial charge in [0.25, 0.3) is 5.91 Å². The van der Waals surface area contributed by atoms with Crippen LogP contribution in [0, 0.1) is 0 Å². The van der Waals surface area contributed by atoms with Gasteiger partial charge in [-0.1, -0.05) is 47.2 Å². The highest BCUT2D eigenvalue weighted by molar-refractivity contribution is 8.27. The minimum atomic E-state index is -0.176. The summed E-state index contributed by atoms with van der Waals surface area (Å²) in [6, 6.07) is 16.5. The van der Waals surface area contributed by atoms with Gasteiger partial charge < -0.3 is 9.32 Å². The molecule has 0 saturated carbocycles. The number of rotatable bonds is 4. The first kappa shape index (κ1) is 21.0. The Bertz CT molecular complexity index is 1170. The van der Waals surface area contributed by atoms with Gasteiger partial charge in [-0.15, -0.1) is 0 Å². The van der Waals surface area contributed by atoms with Crippen molar-refractivity contribution in [3.8, 4) is 11.3 Å². The lowest BCUT2D eigenvalue weighted by Gasteiger charge is -2.17. The molecular formula is C22H16Cl2N2O2S2. The SMILES string of the molecule is CN(C)c1ccc(N2C(=O)/C(=C\c3ccc(-c4ccc(Cl)cc4Cl)o3)SC2=S)cc1. The quantitative estimate of drug-likeness (QED) is 0.309. The molecular weight excluding hydrogens is 459 g/mol. The first-order chi connectivity index (χ1) is 14.3. The second-order valence-electron chi connectivity index (χ2n) is 6.75. The van der Waals surface area contributed by atoms with Crippen LogP contribution in [0.25, 0.3) is 17.4 Å². The molecule has 152 valence electrons. The summed E-state index contributed by atoms with van der Waals surface area (Å²) in [5.74, 6) is 0.960. The van der Waals surface area contributed by atoms with E-state index in [2.05, 4.69) is 0 Å². The van der Waals surface area contributed by atoms with Crippen molar-refractivity contribution in [3.05, 3.63) is 75.3 Å². The third kappa shape index (κ3) is 4.14. The second kappa shape index (κ2) is 8.47. The zero-order valence-corrected chi connectivity index (χ0v) is 19.2. The molecule has 0 unspecified atom stereocenters. The summed E-state index contributed by atoms with van der Waals surface area (Å²) in [5.41, 5.74) is 2.51. The Balaban J connectivity index is 1.59. The molecule has 8 heteroatoms. The number of carbonyl (C=O) groups excluding carboxylic acids is 1. The predicted molar refractivity (Wildman–Crippen MR) is 131 cm³/mol. The Labute approximate surface area is 194 Å². The summed E-state index contributed by atoms with van der Waals surface area (Å²) in [4.78, 5) is 17.0. The molecule has 1 saturated heterocycles. The highest BCUT2D eigenvalue weighted by Gasteiger charge is 2.33. The van der Waals surface area contributed by atoms with E-state index in [1.807, 2.05) is 49.3 Å². The number of anilines is 2. The number of thioether (sulfide) groups is 1. The van der Waals surface area contributed by atoms with Gasteiger partial charge in [0.1, 0.15) is 11.5 Å². The van der Waals surface area contributed by atoms with Gasteiger partial charge in [0.05, 0.1) is 15.6 Å². The minimum absolute atomic E-state index is 0.176. The lowest BCUT2D eigenvalue weighted by Crippen LogP contribution is -2.27. The molecule has 1 aliphatic rings. The van der Waals surface area contributed by atoms with E-state index in [0.29, 0.717) is 30.8 Å². The molecule has 1 fully saturated rings. The molecule has 30 heavy (non-hydrogen) atoms. The summed E-state index contributed by atoms with van der Waals surface area (Å²) >= 11 is 18.9. The van der Waals surface area contributed by atoms with E-state index >= 15 is 0 Å². The van der Waals surface area contributed by atoms with Crippen molar-refractivity contribution in [2.24, 2.45) is 0 Å². The number of carbonyl (C=O) groups is 1. The Hall–Kier alpha value is -2.25. The topological polar surface area (TPSA) is 36.7 Å². The van der Waals surface area contributed by atoms with Crippen LogP contribution in [0.2, 0.25) is 10.0 Å². The summed E-state index contributed by atoms with van der Waals surface area (Å²) in [6.07, 6.45) is 1.70. The van der Waals surface area contributed by atoms with Crippen molar-refractivity contribution < 1.29 is 9.21 Å². The molecule has 1 amide bonds. The first-order valence-electron chi connectivity index (χ1n) is 8.94. The van der Waals surface area contributed by atoms with Gasteiger partial charge in [0.15, 0.2) is 4.32 Å². The third-order valence-corrected chi connectivity index (χ3v) is 6.36. The molecule has 0 aliphatic carbocycles. The maximum atomic E-state index is 13.0. The predicted octanol–water partition coefficient (Wildman–Crippen LogP) is 6.73. The largest absolute Gasteiger partial charge is 0.457 e. The zero-order chi connectivity index (χ0) is 21.4. The van der Waals surface area contributed by atoms with Gasteiger partial charge in [-0.2, -0.15) is 0 Å². The lowest BCUT2D eigenvalue weighted by molar-refractivity contribution is -0.113. The van der Waals surface area contributed by atoms with E-state index in [0.717, 1.165) is 16.9 Å². The maximum Gasteiger partial charge on any atom is 0.270 e. The molecule has 4 rings (SSSR count). The second-order valence-corrected chi connectivity index (χ2v) is 9.27. The minimum Gasteiger partial charge on any atom is -0.457 e. The van der Waals surface area contributed by atoms with Crippen LogP contribution in [0.5, 0.6) is 0 Å². The van der Waals surface area contributed by atoms with Crippen molar-refractivity contribution in [1.82, 2.24) is 0 Å². The third-order valence-electron chi connectivity index (χ3n) is 4.51. The monoisotopic (exact) mass is 474 g/mol. The van der Waals surface area contributed by atoms with Crippen LogP contribution >= 0.6 is 47.2 Å². The number of amides is 1. The number of benzene rings is 2. The van der Waals surface area contributed by atoms with Crippen LogP contribution in [-0.4, -0.2) is 24.3 Å². The number of hydrogen-bond acceptors (Lipinski definition) is 5. The zero-order valence-electron chi connectivity index (χ0n) is 16.1. The van der Waals surface area contributed by atoms with Crippen LogP contribution < -0.4 is 9.80 Å². The summed E-state index contributed by atoms with van der Waals surface area (Å²) in [6.45, 7) is 0. The molecule has 2 aromatic carbocycles. The fourth-order valence-corrected chi connectivity index (χ4v) is 4.76. The normalized spacial score (nSPS) is 15.3. The fraction of sp³-hybridized carbons (Fsp3) is 0.0909. The van der Waals surface area contributed by atoms with Crippen LogP contribution in [0.4, 0.5) is 11.4 Å². The molecule has 0 spiro atoms. The standard InChI is InChI=1S/C22H16Cl2N2O2S2/c1-25(2)14-4-6-15(7-5-14)26-21(27)20(30-22(26)29)12-16-8-10-19(28-16)17-9-3-13(23)11-18(17)24/h3-12H,1-2H3/b20-12+. The van der Waals surface area contributed by atoms with Gasteiger partial charge in [0, 0.05) is 36.4 Å². The lowest BCUT2D eigenvalue weighted by atomic mass is 10.2. The van der Waals surface area contributed by atoms with Gasteiger partial charge in [-0.3, -0.25) is 9.69 Å². The molecule has 4 nitrogen and oxygen atoms in total. The molecule has 0 bridgehead atoms. The smallest absolute Gasteiger partial charge is 0.270 e. The van der Waals surface area contributed by atoms with E-state index in [4.69, 9.17) is 39.8 Å². The van der Waals surface area contributed by atoms with Gasteiger partial charge >= 0.3 is 0 Å². The van der Waals surface area contributed by atoms with E-state index in [9.17, 15) is 4.79 Å². The van der Waals surface area contributed by atoms with Gasteiger partial charge in [0.2, 0.25) is 0 Å². The number of thiocarbonyl (C=S) groups is 1. The molecule has 3 aromatic rings. The number of nitrogens with zero attached hydrogens (tertiary/aromatic N) is 2. The van der Waals surface area contributed by atoms with Crippen molar-refractivity contribution in [2.45, 2.75) is 0 Å². The Morgan fingerprint density at radius 3 is 2.47 bits per heavy atom. The fourth-order valence-electron chi connectivity index (χ4n) is 2.98. The first-order valence-corrected chi connectivity index (χ1v) is 10.9. The van der Waals surface area contributed by atoms with Crippen LogP contribution in [0.1, 0.15) is 5.76 Å². The van der Waals surface area contributed by atoms with Crippen LogP contribution in [-0.2, 0) is 4.79 Å². The molecule has 0 N–H and O–H groups in total. The van der Waals surface area contributed by atoms with E-state index in [1.54, 1.807) is 30.3 Å². The number of furan rings is 1. The van der Waals surface area contributed by atoms with Crippen molar-refractivity contribution in [3.63, 3.8) is 0 Å². The summed E-state index contributed by atoms with van der Waals surface area (Å²) in [7, 11) is 3.93. The van der Waals surface area contributed by atoms with Crippen molar-refractivity contribution in [1.29, 1.82) is 0 Å². The highest BCUT2D eigenvalue weighted by atomic mass is 35.5. The average molecular weight is 475 g/mol. The maximum absolute atomic E-state index is 13.0. The number of hydrogen-bond donors (Lipinski definition) is 0. The van der Waals surface area contributed by atoms with Crippen LogP contribution in [0.3, 0.4) is 0 Å². The molecule has 1 aromatic heterocycles. The Morgan fingerprint density at radius 1 is 1.07 bits per heavy atom. The highest BCUT2D eigenvalue weighted by Crippen LogP contribution is 2.38. The Kier molecular flexibility index (Phi) is 5.93. The molecule has 0 radical (unpaired) electrons. The summed E-state index contributed by atoms with van der Waals surface area (Å²) < 4.78 is 6.36. The van der Waals surface area contributed by atoms with E-state index < -0.39 is 0 Å². The van der Waals surface area contributed by atoms with Crippen molar-refractivity contribution >= 4 is 74.9 Å². The van der Waals surface area contributed by atoms with Crippen molar-refractivity contribution in [2.75, 3.05) is 23.9 Å². The van der Waals surface area contributed by atoms with Crippen LogP contribution in [0.15, 0.2) is 63.9 Å². The van der Waals surface area contributed by atoms with Gasteiger partial charge in [-0.25, -0.2) is 0 Å². The van der Waals surface area contributed by atoms with E-state index in [1.165, 1.54) is 16.7 Å². The average Bonchev–Trinajstić information content (AvgIpc) is 3.26. The molecule has 0 atom stereocenters. The van der Waals surface area contributed by atoms with Gasteiger partial charge in [-0.05, 0) is 54.6 Å². The number of halogens is 2. The Morgan fingerprint density at radius 2 is 1.80 bits per heavy atom. The molecule has 1 aliphatic heterocycles. The van der Waals surface area contributed by atoms with E-state index in [-0.39, 0.29) is 5.91 Å².